The Labute approximate surface area is 157 Å². The number of para-hydroxylation sites is 1. The molecule has 1 aromatic carbocycles. The normalized spacial score (nSPS) is 18.3. The Morgan fingerprint density at radius 1 is 1.07 bits per heavy atom. The molecule has 0 saturated carbocycles. The number of carbonyl (C=O) groups excluding carboxylic acids is 2. The quantitative estimate of drug-likeness (QED) is 0.769. The Balaban J connectivity index is 1.42. The number of ether oxygens (including phenoxy) is 1. The van der Waals surface area contributed by atoms with Crippen molar-refractivity contribution < 1.29 is 14.3 Å². The molecule has 140 valence electrons. The lowest BCUT2D eigenvalue weighted by atomic mass is 10.0. The molecule has 0 atom stereocenters. The van der Waals surface area contributed by atoms with Gasteiger partial charge in [0.15, 0.2) is 0 Å². The number of amides is 3. The predicted octanol–water partition coefficient (Wildman–Crippen LogP) is 1.92. The predicted molar refractivity (Wildman–Crippen MR) is 99.8 cm³/mol. The highest BCUT2D eigenvalue weighted by atomic mass is 16.5. The second kappa shape index (κ2) is 7.22. The van der Waals surface area contributed by atoms with E-state index in [1.54, 1.807) is 36.4 Å². The van der Waals surface area contributed by atoms with Gasteiger partial charge in [0.1, 0.15) is 6.54 Å². The first-order chi connectivity index (χ1) is 13.2. The highest BCUT2D eigenvalue weighted by molar-refractivity contribution is 6.19. The molecule has 0 radical (unpaired) electrons. The summed E-state index contributed by atoms with van der Waals surface area (Å²) in [5.74, 6) is 0.980. The van der Waals surface area contributed by atoms with Gasteiger partial charge in [-0.2, -0.15) is 4.98 Å². The van der Waals surface area contributed by atoms with Crippen LogP contribution in [-0.4, -0.2) is 59.6 Å². The molecule has 3 amide bonds. The number of urea groups is 1. The number of rotatable bonds is 4. The van der Waals surface area contributed by atoms with Crippen LogP contribution in [0.2, 0.25) is 0 Å². The fraction of sp³-hybridized carbons (Fsp3) is 0.368. The molecule has 0 N–H and O–H groups in total. The van der Waals surface area contributed by atoms with Crippen LogP contribution in [0.25, 0.3) is 0 Å². The van der Waals surface area contributed by atoms with Gasteiger partial charge < -0.3 is 14.5 Å². The van der Waals surface area contributed by atoms with Crippen molar-refractivity contribution in [3.8, 4) is 5.88 Å². The van der Waals surface area contributed by atoms with E-state index in [0.29, 0.717) is 17.5 Å². The molecule has 2 saturated heterocycles. The molecule has 8 nitrogen and oxygen atoms in total. The minimum absolute atomic E-state index is 0.0389. The number of benzene rings is 1. The van der Waals surface area contributed by atoms with Crippen molar-refractivity contribution in [3.63, 3.8) is 0 Å². The maximum absolute atomic E-state index is 12.8. The summed E-state index contributed by atoms with van der Waals surface area (Å²) in [5.41, 5.74) is 0.622. The number of nitrogens with zero attached hydrogens (tertiary/aromatic N) is 5. The third-order valence-corrected chi connectivity index (χ3v) is 5.02. The van der Waals surface area contributed by atoms with E-state index in [1.807, 2.05) is 18.2 Å². The van der Waals surface area contributed by atoms with Crippen molar-refractivity contribution in [2.45, 2.75) is 18.9 Å². The molecule has 2 fully saturated rings. The van der Waals surface area contributed by atoms with Crippen LogP contribution in [0.5, 0.6) is 5.88 Å². The molecule has 8 heteroatoms. The summed E-state index contributed by atoms with van der Waals surface area (Å²) in [6.07, 6.45) is 3.21. The van der Waals surface area contributed by atoms with Gasteiger partial charge in [-0.15, -0.1) is 0 Å². The van der Waals surface area contributed by atoms with Gasteiger partial charge in [0.25, 0.3) is 5.91 Å². The minimum atomic E-state index is -0.234. The van der Waals surface area contributed by atoms with Crippen LogP contribution in [0.3, 0.4) is 0 Å². The zero-order chi connectivity index (χ0) is 18.8. The second-order valence-corrected chi connectivity index (χ2v) is 6.59. The van der Waals surface area contributed by atoms with Crippen molar-refractivity contribution in [2.24, 2.45) is 0 Å². The van der Waals surface area contributed by atoms with Gasteiger partial charge in [0.2, 0.25) is 11.8 Å². The molecule has 0 spiro atoms. The summed E-state index contributed by atoms with van der Waals surface area (Å²) in [4.78, 5) is 39.0. The summed E-state index contributed by atoms with van der Waals surface area (Å²) >= 11 is 0. The number of imide groups is 1. The molecule has 0 aliphatic carbocycles. The summed E-state index contributed by atoms with van der Waals surface area (Å²) in [5, 5.41) is 0. The van der Waals surface area contributed by atoms with Crippen LogP contribution in [0, 0.1) is 0 Å². The van der Waals surface area contributed by atoms with Crippen LogP contribution in [-0.2, 0) is 4.79 Å². The molecule has 4 rings (SSSR count). The van der Waals surface area contributed by atoms with Crippen LogP contribution >= 0.6 is 0 Å². The van der Waals surface area contributed by atoms with E-state index in [1.165, 1.54) is 4.90 Å². The SMILES string of the molecule is COc1ccnc(N2CCC(N3CC(=O)N(c4ccccc4)C3=O)CC2)n1. The first-order valence-corrected chi connectivity index (χ1v) is 8.98. The lowest BCUT2D eigenvalue weighted by molar-refractivity contribution is -0.116. The third kappa shape index (κ3) is 3.30. The van der Waals surface area contributed by atoms with E-state index in [0.717, 1.165) is 25.9 Å². The summed E-state index contributed by atoms with van der Waals surface area (Å²) in [7, 11) is 1.58. The Hall–Kier alpha value is -3.16. The van der Waals surface area contributed by atoms with Gasteiger partial charge in [-0.3, -0.25) is 4.79 Å². The fourth-order valence-corrected chi connectivity index (χ4v) is 3.61. The van der Waals surface area contributed by atoms with Crippen LogP contribution in [0.15, 0.2) is 42.6 Å². The molecule has 2 aromatic rings. The maximum Gasteiger partial charge on any atom is 0.332 e. The second-order valence-electron chi connectivity index (χ2n) is 6.59. The van der Waals surface area contributed by atoms with Gasteiger partial charge >= 0.3 is 6.03 Å². The molecule has 2 aliphatic heterocycles. The Kier molecular flexibility index (Phi) is 4.62. The molecule has 0 bridgehead atoms. The molecule has 1 aromatic heterocycles. The van der Waals surface area contributed by atoms with Crippen LogP contribution in [0.1, 0.15) is 12.8 Å². The van der Waals surface area contributed by atoms with Crippen molar-refractivity contribution in [1.29, 1.82) is 0 Å². The monoisotopic (exact) mass is 367 g/mol. The number of methoxy groups -OCH3 is 1. The largest absolute Gasteiger partial charge is 0.481 e. The van der Waals surface area contributed by atoms with Crippen molar-refractivity contribution >= 4 is 23.6 Å². The zero-order valence-electron chi connectivity index (χ0n) is 15.1. The fourth-order valence-electron chi connectivity index (χ4n) is 3.61. The summed E-state index contributed by atoms with van der Waals surface area (Å²) < 4.78 is 5.15. The summed E-state index contributed by atoms with van der Waals surface area (Å²) in [6.45, 7) is 1.58. The summed E-state index contributed by atoms with van der Waals surface area (Å²) in [6, 6.07) is 10.6. The molecular formula is C19H21N5O3. The van der Waals surface area contributed by atoms with Gasteiger partial charge in [-0.25, -0.2) is 14.7 Å². The lowest BCUT2D eigenvalue weighted by Crippen LogP contribution is -2.47. The molecule has 0 unspecified atom stereocenters. The Morgan fingerprint density at radius 3 is 2.52 bits per heavy atom. The standard InChI is InChI=1S/C19H21N5O3/c1-27-16-7-10-20-18(21-16)22-11-8-14(9-12-22)23-13-17(25)24(19(23)26)15-5-3-2-4-6-15/h2-7,10,14H,8-9,11-13H2,1H3. The number of aromatic nitrogens is 2. The van der Waals surface area contributed by atoms with Gasteiger partial charge in [-0.1, -0.05) is 18.2 Å². The van der Waals surface area contributed by atoms with E-state index < -0.39 is 0 Å². The van der Waals surface area contributed by atoms with E-state index in [4.69, 9.17) is 4.74 Å². The van der Waals surface area contributed by atoms with Gasteiger partial charge in [0, 0.05) is 31.4 Å². The van der Waals surface area contributed by atoms with Gasteiger partial charge in [0.05, 0.1) is 12.8 Å². The van der Waals surface area contributed by atoms with Crippen molar-refractivity contribution in [1.82, 2.24) is 14.9 Å². The van der Waals surface area contributed by atoms with Crippen molar-refractivity contribution in [2.75, 3.05) is 36.5 Å². The first kappa shape index (κ1) is 17.3. The number of anilines is 2. The van der Waals surface area contributed by atoms with Crippen LogP contribution in [0.4, 0.5) is 16.4 Å². The molecule has 27 heavy (non-hydrogen) atoms. The van der Waals surface area contributed by atoms with Gasteiger partial charge in [-0.05, 0) is 25.0 Å². The number of hydrogen-bond acceptors (Lipinski definition) is 6. The van der Waals surface area contributed by atoms with E-state index in [2.05, 4.69) is 14.9 Å². The number of piperidine rings is 1. The maximum atomic E-state index is 12.8. The highest BCUT2D eigenvalue weighted by Gasteiger charge is 2.41. The zero-order valence-corrected chi connectivity index (χ0v) is 15.1. The lowest BCUT2D eigenvalue weighted by Gasteiger charge is -2.36. The highest BCUT2D eigenvalue weighted by Crippen LogP contribution is 2.27. The molecule has 3 heterocycles. The smallest absolute Gasteiger partial charge is 0.332 e. The van der Waals surface area contributed by atoms with Crippen LogP contribution < -0.4 is 14.5 Å². The van der Waals surface area contributed by atoms with Crippen molar-refractivity contribution in [3.05, 3.63) is 42.6 Å². The van der Waals surface area contributed by atoms with E-state index in [9.17, 15) is 9.59 Å². The average molecular weight is 367 g/mol. The Bertz CT molecular complexity index is 836. The first-order valence-electron chi connectivity index (χ1n) is 8.98. The van der Waals surface area contributed by atoms with E-state index >= 15 is 0 Å². The topological polar surface area (TPSA) is 78.9 Å². The number of hydrogen-bond donors (Lipinski definition) is 0. The molecule has 2 aliphatic rings. The third-order valence-electron chi connectivity index (χ3n) is 5.02. The average Bonchev–Trinajstić information content (AvgIpc) is 3.03. The van der Waals surface area contributed by atoms with E-state index in [-0.39, 0.29) is 24.5 Å². The number of carbonyl (C=O) groups is 2. The Morgan fingerprint density at radius 2 is 1.81 bits per heavy atom. The minimum Gasteiger partial charge on any atom is -0.481 e. The molecular weight excluding hydrogens is 346 g/mol.